The molecule has 0 aliphatic heterocycles. The van der Waals surface area contributed by atoms with Gasteiger partial charge in [-0.2, -0.15) is 4.39 Å². The van der Waals surface area contributed by atoms with Crippen LogP contribution >= 0.6 is 0 Å². The van der Waals surface area contributed by atoms with Crippen molar-refractivity contribution in [2.75, 3.05) is 6.61 Å². The van der Waals surface area contributed by atoms with Gasteiger partial charge in [0.2, 0.25) is 5.82 Å². The maximum Gasteiger partial charge on any atom is 0.338 e. The van der Waals surface area contributed by atoms with E-state index in [1.54, 1.807) is 30.3 Å². The minimum absolute atomic E-state index is 0.205. The van der Waals surface area contributed by atoms with Crippen molar-refractivity contribution in [1.29, 1.82) is 0 Å². The summed E-state index contributed by atoms with van der Waals surface area (Å²) in [5, 5.41) is 10.5. The number of nitro groups is 1. The smallest absolute Gasteiger partial charge is 0.338 e. The molecule has 0 atom stereocenters. The molecule has 2 aromatic rings. The van der Waals surface area contributed by atoms with E-state index >= 15 is 0 Å². The second-order valence-electron chi connectivity index (χ2n) is 4.29. The number of ether oxygens (including phenoxy) is 1. The van der Waals surface area contributed by atoms with E-state index in [-0.39, 0.29) is 5.56 Å². The Kier molecular flexibility index (Phi) is 4.57. The predicted molar refractivity (Wildman–Crippen MR) is 74.1 cm³/mol. The number of nitrogens with zero attached hydrogens (tertiary/aromatic N) is 1. The second kappa shape index (κ2) is 6.57. The number of carbonyl (C=O) groups is 2. The summed E-state index contributed by atoms with van der Waals surface area (Å²) in [5.41, 5.74) is -0.564. The summed E-state index contributed by atoms with van der Waals surface area (Å²) < 4.78 is 18.2. The fraction of sp³-hybridized carbons (Fsp3) is 0.0667. The Morgan fingerprint density at radius 2 is 1.77 bits per heavy atom. The topological polar surface area (TPSA) is 86.5 Å². The van der Waals surface area contributed by atoms with Crippen molar-refractivity contribution in [3.63, 3.8) is 0 Å². The molecule has 0 unspecified atom stereocenters. The summed E-state index contributed by atoms with van der Waals surface area (Å²) in [6, 6.07) is 10.8. The molecule has 112 valence electrons. The van der Waals surface area contributed by atoms with E-state index in [1.165, 1.54) is 0 Å². The number of esters is 1. The second-order valence-corrected chi connectivity index (χ2v) is 4.29. The molecular formula is C15H10FNO5. The molecule has 7 heteroatoms. The Labute approximate surface area is 124 Å². The third-order valence-corrected chi connectivity index (χ3v) is 2.81. The van der Waals surface area contributed by atoms with Crippen LogP contribution in [0.15, 0.2) is 48.5 Å². The average molecular weight is 303 g/mol. The number of halogens is 1. The minimum Gasteiger partial charge on any atom is -0.454 e. The zero-order valence-electron chi connectivity index (χ0n) is 11.2. The first-order chi connectivity index (χ1) is 10.5. The van der Waals surface area contributed by atoms with Gasteiger partial charge in [-0.3, -0.25) is 14.9 Å². The molecule has 2 aromatic carbocycles. The van der Waals surface area contributed by atoms with Gasteiger partial charge < -0.3 is 4.74 Å². The third kappa shape index (κ3) is 3.51. The van der Waals surface area contributed by atoms with Crippen molar-refractivity contribution in [2.24, 2.45) is 0 Å². The number of benzene rings is 2. The maximum atomic E-state index is 13.4. The number of rotatable bonds is 5. The normalized spacial score (nSPS) is 10.0. The van der Waals surface area contributed by atoms with Gasteiger partial charge in [0.15, 0.2) is 12.4 Å². The van der Waals surface area contributed by atoms with Crippen LogP contribution in [-0.2, 0) is 4.74 Å². The Balaban J connectivity index is 2.02. The summed E-state index contributed by atoms with van der Waals surface area (Å²) in [5.74, 6) is -2.48. The predicted octanol–water partition coefficient (Wildman–Crippen LogP) is 2.77. The summed E-state index contributed by atoms with van der Waals surface area (Å²) in [7, 11) is 0. The number of nitro benzene ring substituents is 1. The van der Waals surface area contributed by atoms with Crippen molar-refractivity contribution >= 4 is 17.4 Å². The lowest BCUT2D eigenvalue weighted by Gasteiger charge is -2.04. The standard InChI is InChI=1S/C15H10FNO5/c16-12-8-11(6-7-13(12)17(20)21)15(19)22-9-14(18)10-4-2-1-3-5-10/h1-8H,9H2. The van der Waals surface area contributed by atoms with Crippen molar-refractivity contribution in [1.82, 2.24) is 0 Å². The molecule has 0 fully saturated rings. The molecule has 2 rings (SSSR count). The molecule has 0 aliphatic carbocycles. The number of hydrogen-bond donors (Lipinski definition) is 0. The van der Waals surface area contributed by atoms with Gasteiger partial charge in [-0.25, -0.2) is 4.79 Å². The molecule has 0 radical (unpaired) electrons. The minimum atomic E-state index is -1.14. The van der Waals surface area contributed by atoms with Gasteiger partial charge in [-0.1, -0.05) is 30.3 Å². The molecule has 0 heterocycles. The van der Waals surface area contributed by atoms with Gasteiger partial charge in [-0.05, 0) is 12.1 Å². The largest absolute Gasteiger partial charge is 0.454 e. The molecule has 6 nitrogen and oxygen atoms in total. The lowest BCUT2D eigenvalue weighted by Crippen LogP contribution is -2.14. The summed E-state index contributed by atoms with van der Waals surface area (Å²) in [4.78, 5) is 33.0. The van der Waals surface area contributed by atoms with Crippen LogP contribution in [0, 0.1) is 15.9 Å². The van der Waals surface area contributed by atoms with Crippen molar-refractivity contribution < 1.29 is 23.6 Å². The van der Waals surface area contributed by atoms with Crippen molar-refractivity contribution in [3.05, 3.63) is 75.6 Å². The molecule has 0 saturated carbocycles. The first-order valence-corrected chi connectivity index (χ1v) is 6.18. The van der Waals surface area contributed by atoms with Gasteiger partial charge >= 0.3 is 11.7 Å². The van der Waals surface area contributed by atoms with Crippen LogP contribution < -0.4 is 0 Å². The Morgan fingerprint density at radius 3 is 2.36 bits per heavy atom. The summed E-state index contributed by atoms with van der Waals surface area (Å²) in [6.45, 7) is -0.499. The average Bonchev–Trinajstić information content (AvgIpc) is 2.52. The molecule has 0 saturated heterocycles. The molecule has 0 amide bonds. The van der Waals surface area contributed by atoms with Crippen LogP contribution in [-0.4, -0.2) is 23.3 Å². The van der Waals surface area contributed by atoms with E-state index in [0.717, 1.165) is 12.1 Å². The third-order valence-electron chi connectivity index (χ3n) is 2.81. The monoisotopic (exact) mass is 303 g/mol. The summed E-state index contributed by atoms with van der Waals surface area (Å²) >= 11 is 0. The van der Waals surface area contributed by atoms with E-state index < -0.39 is 34.8 Å². The zero-order valence-corrected chi connectivity index (χ0v) is 11.2. The van der Waals surface area contributed by atoms with Crippen LogP contribution in [0.1, 0.15) is 20.7 Å². The van der Waals surface area contributed by atoms with Crippen molar-refractivity contribution in [3.8, 4) is 0 Å². The Bertz CT molecular complexity index is 730. The molecule has 0 aromatic heterocycles. The molecular weight excluding hydrogens is 293 g/mol. The first kappa shape index (κ1) is 15.3. The van der Waals surface area contributed by atoms with Crippen LogP contribution in [0.25, 0.3) is 0 Å². The van der Waals surface area contributed by atoms with Crippen LogP contribution in [0.4, 0.5) is 10.1 Å². The number of ketones is 1. The highest BCUT2D eigenvalue weighted by Gasteiger charge is 2.18. The lowest BCUT2D eigenvalue weighted by molar-refractivity contribution is -0.387. The molecule has 0 spiro atoms. The van der Waals surface area contributed by atoms with E-state index in [2.05, 4.69) is 0 Å². The van der Waals surface area contributed by atoms with E-state index in [1.807, 2.05) is 0 Å². The van der Waals surface area contributed by atoms with Crippen LogP contribution in [0.2, 0.25) is 0 Å². The van der Waals surface area contributed by atoms with E-state index in [4.69, 9.17) is 4.74 Å². The van der Waals surface area contributed by atoms with Crippen molar-refractivity contribution in [2.45, 2.75) is 0 Å². The van der Waals surface area contributed by atoms with Gasteiger partial charge in [-0.15, -0.1) is 0 Å². The Hall–Kier alpha value is -3.09. The van der Waals surface area contributed by atoms with Gasteiger partial charge in [0, 0.05) is 11.6 Å². The maximum absolute atomic E-state index is 13.4. The SMILES string of the molecule is O=C(COC(=O)c1ccc([N+](=O)[O-])c(F)c1)c1ccccc1. The Morgan fingerprint density at radius 1 is 1.09 bits per heavy atom. The van der Waals surface area contributed by atoms with Crippen LogP contribution in [0.3, 0.4) is 0 Å². The highest BCUT2D eigenvalue weighted by molar-refractivity contribution is 5.99. The van der Waals surface area contributed by atoms with Gasteiger partial charge in [0.05, 0.1) is 10.5 Å². The van der Waals surface area contributed by atoms with Gasteiger partial charge in [0.1, 0.15) is 0 Å². The molecule has 0 aliphatic rings. The highest BCUT2D eigenvalue weighted by atomic mass is 19.1. The highest BCUT2D eigenvalue weighted by Crippen LogP contribution is 2.18. The van der Waals surface area contributed by atoms with E-state index in [0.29, 0.717) is 11.6 Å². The summed E-state index contributed by atoms with van der Waals surface area (Å²) in [6.07, 6.45) is 0. The fourth-order valence-electron chi connectivity index (χ4n) is 1.70. The number of Topliss-reactive ketones (excluding diaryl/α,β-unsaturated/α-hetero) is 1. The number of hydrogen-bond acceptors (Lipinski definition) is 5. The quantitative estimate of drug-likeness (QED) is 0.367. The molecule has 0 bridgehead atoms. The van der Waals surface area contributed by atoms with Crippen LogP contribution in [0.5, 0.6) is 0 Å². The molecule has 22 heavy (non-hydrogen) atoms. The van der Waals surface area contributed by atoms with Gasteiger partial charge in [0.25, 0.3) is 0 Å². The van der Waals surface area contributed by atoms with E-state index in [9.17, 15) is 24.1 Å². The lowest BCUT2D eigenvalue weighted by atomic mass is 10.1. The number of carbonyl (C=O) groups excluding carboxylic acids is 2. The fourth-order valence-corrected chi connectivity index (χ4v) is 1.70. The molecule has 0 N–H and O–H groups in total. The zero-order chi connectivity index (χ0) is 16.1. The first-order valence-electron chi connectivity index (χ1n) is 6.18.